The van der Waals surface area contributed by atoms with Crippen molar-refractivity contribution in [3.63, 3.8) is 0 Å². The first-order valence-corrected chi connectivity index (χ1v) is 12.4. The lowest BCUT2D eigenvalue weighted by atomic mass is 10.00. The zero-order chi connectivity index (χ0) is 27.5. The molecule has 7 heteroatoms. The number of nitrogens with zero attached hydrogens (tertiary/aromatic N) is 2. The van der Waals surface area contributed by atoms with Crippen LogP contribution in [0.4, 0.5) is 10.1 Å². The fraction of sp³-hybridized carbons (Fsp3) is 0.0938. The van der Waals surface area contributed by atoms with Crippen molar-refractivity contribution in [3.05, 3.63) is 120 Å². The SMILES string of the molecule is CC(=O)Oc1c(-c2ccc(NC(=O)c3ccc(C)cc3)cc2)c(-c2cccc(C)c2)nn1-c1cccc(F)c1. The van der Waals surface area contributed by atoms with E-state index >= 15 is 0 Å². The topological polar surface area (TPSA) is 73.2 Å². The zero-order valence-electron chi connectivity index (χ0n) is 21.7. The lowest BCUT2D eigenvalue weighted by Gasteiger charge is -2.11. The van der Waals surface area contributed by atoms with E-state index in [1.165, 1.54) is 23.7 Å². The first kappa shape index (κ1) is 25.6. The van der Waals surface area contributed by atoms with Crippen molar-refractivity contribution in [3.8, 4) is 34.0 Å². The van der Waals surface area contributed by atoms with Crippen LogP contribution >= 0.6 is 0 Å². The van der Waals surface area contributed by atoms with Gasteiger partial charge in [0, 0.05) is 23.7 Å². The Balaban J connectivity index is 1.61. The van der Waals surface area contributed by atoms with E-state index in [4.69, 9.17) is 9.84 Å². The van der Waals surface area contributed by atoms with Gasteiger partial charge in [0.05, 0.1) is 11.3 Å². The molecule has 5 aromatic rings. The minimum atomic E-state index is -0.536. The molecule has 6 nitrogen and oxygen atoms in total. The molecule has 0 unspecified atom stereocenters. The van der Waals surface area contributed by atoms with Crippen molar-refractivity contribution >= 4 is 17.6 Å². The highest BCUT2D eigenvalue weighted by Crippen LogP contribution is 2.41. The van der Waals surface area contributed by atoms with Gasteiger partial charge in [-0.25, -0.2) is 4.39 Å². The van der Waals surface area contributed by atoms with Gasteiger partial charge in [-0.2, -0.15) is 9.78 Å². The lowest BCUT2D eigenvalue weighted by molar-refractivity contribution is -0.132. The van der Waals surface area contributed by atoms with E-state index in [2.05, 4.69) is 5.32 Å². The minimum Gasteiger partial charge on any atom is -0.407 e. The Morgan fingerprint density at radius 3 is 2.21 bits per heavy atom. The van der Waals surface area contributed by atoms with Crippen molar-refractivity contribution in [2.75, 3.05) is 5.32 Å². The molecule has 0 spiro atoms. The summed E-state index contributed by atoms with van der Waals surface area (Å²) in [6.45, 7) is 5.25. The molecule has 0 fully saturated rings. The van der Waals surface area contributed by atoms with Crippen molar-refractivity contribution in [2.45, 2.75) is 20.8 Å². The highest BCUT2D eigenvalue weighted by Gasteiger charge is 2.25. The maximum absolute atomic E-state index is 14.2. The van der Waals surface area contributed by atoms with E-state index in [0.717, 1.165) is 16.7 Å². The van der Waals surface area contributed by atoms with Gasteiger partial charge in [0.15, 0.2) is 0 Å². The zero-order valence-corrected chi connectivity index (χ0v) is 21.7. The second-order valence-corrected chi connectivity index (χ2v) is 9.28. The molecule has 5 rings (SSSR count). The highest BCUT2D eigenvalue weighted by molar-refractivity contribution is 6.04. The number of benzene rings is 4. The molecule has 39 heavy (non-hydrogen) atoms. The van der Waals surface area contributed by atoms with E-state index in [-0.39, 0.29) is 11.8 Å². The maximum atomic E-state index is 14.2. The van der Waals surface area contributed by atoms with Gasteiger partial charge in [-0.05, 0) is 67.9 Å². The number of carbonyl (C=O) groups excluding carboxylic acids is 2. The average Bonchev–Trinajstić information content (AvgIpc) is 3.28. The normalized spacial score (nSPS) is 10.8. The van der Waals surface area contributed by atoms with Gasteiger partial charge >= 0.3 is 5.97 Å². The second-order valence-electron chi connectivity index (χ2n) is 9.28. The summed E-state index contributed by atoms with van der Waals surface area (Å²) in [6, 6.07) is 28.3. The summed E-state index contributed by atoms with van der Waals surface area (Å²) in [6.07, 6.45) is 0. The van der Waals surface area contributed by atoms with Crippen LogP contribution in [0.5, 0.6) is 5.88 Å². The number of hydrogen-bond acceptors (Lipinski definition) is 4. The van der Waals surface area contributed by atoms with Gasteiger partial charge in [-0.3, -0.25) is 9.59 Å². The Kier molecular flexibility index (Phi) is 7.06. The number of carbonyl (C=O) groups is 2. The van der Waals surface area contributed by atoms with Crippen LogP contribution in [-0.4, -0.2) is 21.7 Å². The van der Waals surface area contributed by atoms with Crippen LogP contribution < -0.4 is 10.1 Å². The number of aromatic nitrogens is 2. The summed E-state index contributed by atoms with van der Waals surface area (Å²) in [5, 5.41) is 7.69. The van der Waals surface area contributed by atoms with Crippen LogP contribution in [0.1, 0.15) is 28.4 Å². The first-order chi connectivity index (χ1) is 18.8. The van der Waals surface area contributed by atoms with E-state index < -0.39 is 11.8 Å². The van der Waals surface area contributed by atoms with Crippen LogP contribution in [0.15, 0.2) is 97.1 Å². The predicted octanol–water partition coefficient (Wildman–Crippen LogP) is 7.14. The number of aryl methyl sites for hydroxylation is 2. The highest BCUT2D eigenvalue weighted by atomic mass is 19.1. The Bertz CT molecular complexity index is 1670. The Morgan fingerprint density at radius 2 is 1.54 bits per heavy atom. The molecule has 4 aromatic carbocycles. The van der Waals surface area contributed by atoms with E-state index in [1.807, 2.05) is 62.4 Å². The number of nitrogens with one attached hydrogen (secondary N) is 1. The summed E-state index contributed by atoms with van der Waals surface area (Å²) in [4.78, 5) is 24.9. The number of rotatable bonds is 6. The molecule has 1 amide bonds. The molecule has 0 saturated heterocycles. The maximum Gasteiger partial charge on any atom is 0.309 e. The van der Waals surface area contributed by atoms with Crippen LogP contribution in [-0.2, 0) is 4.79 Å². The molecule has 0 bridgehead atoms. The Labute approximate surface area is 225 Å². The standard InChI is InChI=1S/C32H26FN3O3/c1-20-10-12-24(13-11-20)31(38)34-27-16-14-23(15-17-27)29-30(25-7-4-6-21(2)18-25)35-36(32(29)39-22(3)37)28-9-5-8-26(33)19-28/h4-19H,1-3H3,(H,34,38). The van der Waals surface area contributed by atoms with Crippen LogP contribution in [0.25, 0.3) is 28.1 Å². The van der Waals surface area contributed by atoms with E-state index in [9.17, 15) is 14.0 Å². The third-order valence-corrected chi connectivity index (χ3v) is 6.17. The van der Waals surface area contributed by atoms with Gasteiger partial charge in [0.25, 0.3) is 5.91 Å². The molecular formula is C32H26FN3O3. The second kappa shape index (κ2) is 10.8. The number of amides is 1. The quantitative estimate of drug-likeness (QED) is 0.242. The lowest BCUT2D eigenvalue weighted by Crippen LogP contribution is -2.11. The van der Waals surface area contributed by atoms with E-state index in [1.54, 1.807) is 36.4 Å². The molecule has 0 aliphatic rings. The molecule has 0 aliphatic carbocycles. The van der Waals surface area contributed by atoms with E-state index in [0.29, 0.717) is 33.8 Å². The summed E-state index contributed by atoms with van der Waals surface area (Å²) >= 11 is 0. The molecule has 0 radical (unpaired) electrons. The number of halogens is 1. The first-order valence-electron chi connectivity index (χ1n) is 12.4. The summed E-state index contributed by atoms with van der Waals surface area (Å²) in [5.41, 5.74) is 6.32. The molecule has 194 valence electrons. The number of ether oxygens (including phenoxy) is 1. The number of anilines is 1. The Morgan fingerprint density at radius 1 is 0.821 bits per heavy atom. The average molecular weight is 520 g/mol. The third kappa shape index (κ3) is 5.62. The molecule has 1 heterocycles. The largest absolute Gasteiger partial charge is 0.407 e. The van der Waals surface area contributed by atoms with Gasteiger partial charge in [0.2, 0.25) is 5.88 Å². The predicted molar refractivity (Wildman–Crippen MR) is 150 cm³/mol. The molecule has 0 aliphatic heterocycles. The third-order valence-electron chi connectivity index (χ3n) is 6.17. The smallest absolute Gasteiger partial charge is 0.309 e. The van der Waals surface area contributed by atoms with Crippen molar-refractivity contribution in [1.29, 1.82) is 0 Å². The van der Waals surface area contributed by atoms with Gasteiger partial charge < -0.3 is 10.1 Å². The minimum absolute atomic E-state index is 0.168. The molecule has 0 saturated carbocycles. The fourth-order valence-corrected chi connectivity index (χ4v) is 4.30. The molecule has 0 atom stereocenters. The molecule has 1 aromatic heterocycles. The summed E-state index contributed by atoms with van der Waals surface area (Å²) in [5.74, 6) is -1.03. The number of esters is 1. The fourth-order valence-electron chi connectivity index (χ4n) is 4.30. The van der Waals surface area contributed by atoms with Crippen molar-refractivity contribution in [2.24, 2.45) is 0 Å². The summed E-state index contributed by atoms with van der Waals surface area (Å²) in [7, 11) is 0. The van der Waals surface area contributed by atoms with Gasteiger partial charge in [0.1, 0.15) is 11.5 Å². The van der Waals surface area contributed by atoms with Crippen molar-refractivity contribution < 1.29 is 18.7 Å². The van der Waals surface area contributed by atoms with Crippen LogP contribution in [0.2, 0.25) is 0 Å². The van der Waals surface area contributed by atoms with Crippen LogP contribution in [0.3, 0.4) is 0 Å². The Hall–Kier alpha value is -5.04. The van der Waals surface area contributed by atoms with Crippen molar-refractivity contribution in [1.82, 2.24) is 9.78 Å². The monoisotopic (exact) mass is 519 g/mol. The van der Waals surface area contributed by atoms with Gasteiger partial charge in [-0.15, -0.1) is 0 Å². The summed E-state index contributed by atoms with van der Waals surface area (Å²) < 4.78 is 21.3. The molecule has 1 N–H and O–H groups in total. The van der Waals surface area contributed by atoms with Crippen LogP contribution in [0, 0.1) is 19.7 Å². The number of hydrogen-bond donors (Lipinski definition) is 1. The van der Waals surface area contributed by atoms with Gasteiger partial charge in [-0.1, -0.05) is 59.7 Å². The molecular weight excluding hydrogens is 493 g/mol.